The lowest BCUT2D eigenvalue weighted by Gasteiger charge is -2.10. The molecule has 5 nitrogen and oxygen atoms in total. The van der Waals surface area contributed by atoms with E-state index in [1.54, 1.807) is 44.6 Å². The van der Waals surface area contributed by atoms with Gasteiger partial charge in [0.2, 0.25) is 0 Å². The van der Waals surface area contributed by atoms with Gasteiger partial charge in [0.05, 0.1) is 25.7 Å². The molecule has 2 aromatic rings. The van der Waals surface area contributed by atoms with Crippen LogP contribution in [0.1, 0.15) is 12.5 Å². The number of carbonyl (C=O) groups is 1. The van der Waals surface area contributed by atoms with Gasteiger partial charge in [-0.2, -0.15) is 5.10 Å². The van der Waals surface area contributed by atoms with Crippen LogP contribution in [0.2, 0.25) is 5.02 Å². The standard InChI is InChI=1S/C18H19ClN2O3S/c1-12(25-16-7-4-14(19)5-8-16)18(22)21-20-11-13-10-15(23-2)6-9-17(13)24-3/h4-12H,1-3H3,(H,21,22)/b20-11-/t12-/m0/s1. The maximum absolute atomic E-state index is 12.2. The third-order valence-corrected chi connectivity index (χ3v) is 4.67. The first-order valence-corrected chi connectivity index (χ1v) is 8.76. The summed E-state index contributed by atoms with van der Waals surface area (Å²) in [6, 6.07) is 12.7. The van der Waals surface area contributed by atoms with Crippen LogP contribution in [0, 0.1) is 0 Å². The van der Waals surface area contributed by atoms with E-state index >= 15 is 0 Å². The highest BCUT2D eigenvalue weighted by Gasteiger charge is 2.13. The number of ether oxygens (including phenoxy) is 2. The first-order chi connectivity index (χ1) is 12.0. The maximum Gasteiger partial charge on any atom is 0.253 e. The fourth-order valence-electron chi connectivity index (χ4n) is 1.97. The van der Waals surface area contributed by atoms with Crippen LogP contribution in [0.3, 0.4) is 0 Å². The predicted octanol–water partition coefficient (Wildman–Crippen LogP) is 3.99. The number of hydrazone groups is 1. The number of nitrogens with one attached hydrogen (secondary N) is 1. The molecular weight excluding hydrogens is 360 g/mol. The molecule has 0 radical (unpaired) electrons. The number of hydrogen-bond donors (Lipinski definition) is 1. The van der Waals surface area contributed by atoms with Crippen LogP contribution >= 0.6 is 23.4 Å². The highest BCUT2D eigenvalue weighted by atomic mass is 35.5. The molecular formula is C18H19ClN2O3S. The molecule has 25 heavy (non-hydrogen) atoms. The summed E-state index contributed by atoms with van der Waals surface area (Å²) < 4.78 is 10.4. The Morgan fingerprint density at radius 2 is 1.92 bits per heavy atom. The van der Waals surface area contributed by atoms with Crippen molar-refractivity contribution < 1.29 is 14.3 Å². The van der Waals surface area contributed by atoms with E-state index in [0.29, 0.717) is 22.1 Å². The first kappa shape index (κ1) is 19.1. The van der Waals surface area contributed by atoms with Gasteiger partial charge >= 0.3 is 0 Å². The summed E-state index contributed by atoms with van der Waals surface area (Å²) in [6.45, 7) is 1.82. The van der Waals surface area contributed by atoms with Crippen molar-refractivity contribution in [2.45, 2.75) is 17.1 Å². The summed E-state index contributed by atoms with van der Waals surface area (Å²) in [4.78, 5) is 13.1. The fraction of sp³-hybridized carbons (Fsp3) is 0.222. The lowest BCUT2D eigenvalue weighted by Crippen LogP contribution is -2.26. The molecule has 0 aromatic heterocycles. The number of carbonyl (C=O) groups excluding carboxylic acids is 1. The van der Waals surface area contributed by atoms with Crippen LogP contribution in [0.15, 0.2) is 52.5 Å². The Hall–Kier alpha value is -2.18. The minimum atomic E-state index is -0.300. The summed E-state index contributed by atoms with van der Waals surface area (Å²) in [5.74, 6) is 1.13. The van der Waals surface area contributed by atoms with Crippen molar-refractivity contribution in [2.75, 3.05) is 14.2 Å². The van der Waals surface area contributed by atoms with Gasteiger partial charge in [-0.25, -0.2) is 5.43 Å². The molecule has 0 bridgehead atoms. The van der Waals surface area contributed by atoms with Crippen molar-refractivity contribution in [3.05, 3.63) is 53.1 Å². The summed E-state index contributed by atoms with van der Waals surface area (Å²) in [5.41, 5.74) is 3.25. The third kappa shape index (κ3) is 5.69. The average molecular weight is 379 g/mol. The van der Waals surface area contributed by atoms with Crippen molar-refractivity contribution in [2.24, 2.45) is 5.10 Å². The zero-order valence-electron chi connectivity index (χ0n) is 14.2. The van der Waals surface area contributed by atoms with Gasteiger partial charge in [0.15, 0.2) is 0 Å². The van der Waals surface area contributed by atoms with E-state index < -0.39 is 0 Å². The fourth-order valence-corrected chi connectivity index (χ4v) is 2.95. The van der Waals surface area contributed by atoms with E-state index in [1.165, 1.54) is 18.0 Å². The summed E-state index contributed by atoms with van der Waals surface area (Å²) in [6.07, 6.45) is 1.53. The summed E-state index contributed by atoms with van der Waals surface area (Å²) in [5, 5.41) is 4.37. The molecule has 0 aliphatic heterocycles. The van der Waals surface area contributed by atoms with E-state index in [2.05, 4.69) is 10.5 Å². The van der Waals surface area contributed by atoms with Crippen LogP contribution in [-0.4, -0.2) is 31.6 Å². The van der Waals surface area contributed by atoms with Crippen LogP contribution in [0.4, 0.5) is 0 Å². The Labute approximate surface area is 156 Å². The molecule has 2 rings (SSSR count). The number of rotatable bonds is 7. The lowest BCUT2D eigenvalue weighted by molar-refractivity contribution is -0.120. The van der Waals surface area contributed by atoms with Gasteiger partial charge in [-0.3, -0.25) is 4.79 Å². The Morgan fingerprint density at radius 3 is 2.56 bits per heavy atom. The zero-order valence-corrected chi connectivity index (χ0v) is 15.7. The third-order valence-electron chi connectivity index (χ3n) is 3.31. The largest absolute Gasteiger partial charge is 0.497 e. The van der Waals surface area contributed by atoms with Gasteiger partial charge in [-0.05, 0) is 49.4 Å². The average Bonchev–Trinajstić information content (AvgIpc) is 2.63. The molecule has 2 aromatic carbocycles. The molecule has 0 spiro atoms. The minimum Gasteiger partial charge on any atom is -0.497 e. The summed E-state index contributed by atoms with van der Waals surface area (Å²) in [7, 11) is 3.16. The van der Waals surface area contributed by atoms with Crippen molar-refractivity contribution in [3.8, 4) is 11.5 Å². The number of hydrogen-bond acceptors (Lipinski definition) is 5. The van der Waals surface area contributed by atoms with Gasteiger partial charge in [0.25, 0.3) is 5.91 Å². The highest BCUT2D eigenvalue weighted by molar-refractivity contribution is 8.00. The van der Waals surface area contributed by atoms with Gasteiger partial charge in [0, 0.05) is 15.5 Å². The SMILES string of the molecule is COc1ccc(OC)c(/C=N\NC(=O)[C@H](C)Sc2ccc(Cl)cc2)c1. The quantitative estimate of drug-likeness (QED) is 0.449. The number of thioether (sulfide) groups is 1. The maximum atomic E-state index is 12.2. The molecule has 1 N–H and O–H groups in total. The van der Waals surface area contributed by atoms with Gasteiger partial charge in [-0.15, -0.1) is 11.8 Å². The molecule has 0 unspecified atom stereocenters. The molecule has 1 amide bonds. The van der Waals surface area contributed by atoms with Crippen LogP contribution in [-0.2, 0) is 4.79 Å². The lowest BCUT2D eigenvalue weighted by atomic mass is 10.2. The number of amides is 1. The number of halogens is 1. The highest BCUT2D eigenvalue weighted by Crippen LogP contribution is 2.25. The van der Waals surface area contributed by atoms with E-state index in [4.69, 9.17) is 21.1 Å². The van der Waals surface area contributed by atoms with Crippen molar-refractivity contribution in [1.82, 2.24) is 5.43 Å². The molecule has 0 aliphatic carbocycles. The smallest absolute Gasteiger partial charge is 0.253 e. The van der Waals surface area contributed by atoms with E-state index in [1.807, 2.05) is 19.1 Å². The van der Waals surface area contributed by atoms with Gasteiger partial charge in [-0.1, -0.05) is 11.6 Å². The van der Waals surface area contributed by atoms with Crippen LogP contribution in [0.25, 0.3) is 0 Å². The Balaban J connectivity index is 1.96. The molecule has 0 aliphatic rings. The van der Waals surface area contributed by atoms with Gasteiger partial charge in [0.1, 0.15) is 11.5 Å². The second kappa shape index (κ2) is 9.34. The number of benzene rings is 2. The molecule has 0 saturated carbocycles. The molecule has 1 atom stereocenters. The van der Waals surface area contributed by atoms with E-state index in [-0.39, 0.29) is 11.2 Å². The van der Waals surface area contributed by atoms with Gasteiger partial charge < -0.3 is 9.47 Å². The molecule has 132 valence electrons. The number of methoxy groups -OCH3 is 2. The second-order valence-electron chi connectivity index (χ2n) is 5.06. The minimum absolute atomic E-state index is 0.196. The molecule has 0 saturated heterocycles. The Kier molecular flexibility index (Phi) is 7.16. The monoisotopic (exact) mass is 378 g/mol. The molecule has 0 heterocycles. The Morgan fingerprint density at radius 1 is 1.20 bits per heavy atom. The Bertz CT molecular complexity index is 750. The molecule has 7 heteroatoms. The first-order valence-electron chi connectivity index (χ1n) is 7.50. The normalized spacial score (nSPS) is 12.0. The van der Waals surface area contributed by atoms with Crippen molar-refractivity contribution in [3.63, 3.8) is 0 Å². The van der Waals surface area contributed by atoms with Crippen molar-refractivity contribution in [1.29, 1.82) is 0 Å². The summed E-state index contributed by atoms with van der Waals surface area (Å²) >= 11 is 7.29. The van der Waals surface area contributed by atoms with Crippen molar-refractivity contribution >= 4 is 35.5 Å². The van der Waals surface area contributed by atoms with E-state index in [9.17, 15) is 4.79 Å². The second-order valence-corrected chi connectivity index (χ2v) is 6.91. The topological polar surface area (TPSA) is 59.9 Å². The predicted molar refractivity (Wildman–Crippen MR) is 102 cm³/mol. The van der Waals surface area contributed by atoms with Crippen LogP contribution < -0.4 is 14.9 Å². The van der Waals surface area contributed by atoms with Crippen LogP contribution in [0.5, 0.6) is 11.5 Å². The molecule has 0 fully saturated rings. The van der Waals surface area contributed by atoms with E-state index in [0.717, 1.165) is 4.90 Å². The number of nitrogens with zero attached hydrogens (tertiary/aromatic N) is 1. The zero-order chi connectivity index (χ0) is 18.2.